The van der Waals surface area contributed by atoms with Gasteiger partial charge in [-0.3, -0.25) is 14.3 Å². The molecular formula is C21H18F2N4O2. The number of nitrogens with one attached hydrogen (secondary N) is 2. The second-order valence-corrected chi connectivity index (χ2v) is 6.51. The molecule has 0 aliphatic heterocycles. The second-order valence-electron chi connectivity index (χ2n) is 6.51. The number of aromatic nitrogens is 2. The summed E-state index contributed by atoms with van der Waals surface area (Å²) in [6, 6.07) is 9.44. The molecule has 0 radical (unpaired) electrons. The Bertz CT molecular complexity index is 1100. The van der Waals surface area contributed by atoms with Crippen LogP contribution in [0.4, 0.5) is 14.5 Å². The normalized spacial score (nSPS) is 10.6. The van der Waals surface area contributed by atoms with E-state index in [4.69, 9.17) is 5.41 Å². The predicted molar refractivity (Wildman–Crippen MR) is 104 cm³/mol. The van der Waals surface area contributed by atoms with E-state index < -0.39 is 17.5 Å². The van der Waals surface area contributed by atoms with E-state index in [-0.39, 0.29) is 23.5 Å². The summed E-state index contributed by atoms with van der Waals surface area (Å²) in [5, 5.41) is 14.0. The van der Waals surface area contributed by atoms with E-state index in [1.54, 1.807) is 38.2 Å². The van der Waals surface area contributed by atoms with Crippen molar-refractivity contribution in [3.05, 3.63) is 82.7 Å². The molecule has 1 heterocycles. The third-order valence-electron chi connectivity index (χ3n) is 4.45. The first-order chi connectivity index (χ1) is 13.8. The van der Waals surface area contributed by atoms with Crippen molar-refractivity contribution in [1.82, 2.24) is 9.78 Å². The monoisotopic (exact) mass is 396 g/mol. The zero-order valence-electron chi connectivity index (χ0n) is 15.8. The summed E-state index contributed by atoms with van der Waals surface area (Å²) in [4.78, 5) is 25.2. The smallest absolute Gasteiger partial charge is 0.259 e. The average Bonchev–Trinajstić information content (AvgIpc) is 3.04. The van der Waals surface area contributed by atoms with Crippen LogP contribution in [0, 0.1) is 17.0 Å². The Morgan fingerprint density at radius 1 is 1.10 bits per heavy atom. The number of hydrogen-bond donors (Lipinski definition) is 2. The van der Waals surface area contributed by atoms with Gasteiger partial charge in [-0.25, -0.2) is 8.78 Å². The van der Waals surface area contributed by atoms with Crippen LogP contribution in [0.5, 0.6) is 0 Å². The van der Waals surface area contributed by atoms with Crippen LogP contribution in [0.25, 0.3) is 0 Å². The molecule has 0 saturated carbocycles. The van der Waals surface area contributed by atoms with Gasteiger partial charge >= 0.3 is 0 Å². The maximum absolute atomic E-state index is 13.8. The van der Waals surface area contributed by atoms with Gasteiger partial charge < -0.3 is 10.7 Å². The van der Waals surface area contributed by atoms with Gasteiger partial charge in [0.2, 0.25) is 0 Å². The lowest BCUT2D eigenvalue weighted by atomic mass is 10.0. The molecule has 0 fully saturated rings. The zero-order valence-corrected chi connectivity index (χ0v) is 15.8. The van der Waals surface area contributed by atoms with Gasteiger partial charge in [0.25, 0.3) is 5.91 Å². The number of anilines is 1. The van der Waals surface area contributed by atoms with Crippen LogP contribution < -0.4 is 5.32 Å². The number of ketones is 1. The number of rotatable bonds is 6. The van der Waals surface area contributed by atoms with Gasteiger partial charge in [-0.1, -0.05) is 24.3 Å². The number of hydrogen-bond acceptors (Lipinski definition) is 4. The fraction of sp³-hybridized carbons (Fsp3) is 0.143. The van der Waals surface area contributed by atoms with Gasteiger partial charge in [-0.15, -0.1) is 0 Å². The molecule has 29 heavy (non-hydrogen) atoms. The summed E-state index contributed by atoms with van der Waals surface area (Å²) in [6.07, 6.45) is 1.20. The Balaban J connectivity index is 1.80. The highest BCUT2D eigenvalue weighted by Crippen LogP contribution is 2.18. The highest BCUT2D eigenvalue weighted by atomic mass is 19.1. The number of aryl methyl sites for hydroxylation is 1. The number of benzene rings is 2. The SMILES string of the molecule is CC(=N)c1ccc(C(=O)Cc2c(C(=O)Nc3ccc(F)cc3F)cnn2C)cc1. The van der Waals surface area contributed by atoms with Crippen molar-refractivity contribution in [3.8, 4) is 0 Å². The molecule has 148 valence electrons. The van der Waals surface area contributed by atoms with Gasteiger partial charge in [0, 0.05) is 24.4 Å². The Kier molecular flexibility index (Phi) is 5.63. The number of carbonyl (C=O) groups is 2. The Morgan fingerprint density at radius 2 is 1.76 bits per heavy atom. The van der Waals surface area contributed by atoms with Gasteiger partial charge in [-0.05, 0) is 24.6 Å². The minimum absolute atomic E-state index is 0.0892. The van der Waals surface area contributed by atoms with Crippen molar-refractivity contribution in [2.75, 3.05) is 5.32 Å². The second kappa shape index (κ2) is 8.14. The quantitative estimate of drug-likeness (QED) is 0.491. The van der Waals surface area contributed by atoms with Gasteiger partial charge in [0.1, 0.15) is 11.6 Å². The average molecular weight is 396 g/mol. The highest BCUT2D eigenvalue weighted by Gasteiger charge is 2.20. The number of Topliss-reactive ketones (excluding diaryl/α,β-unsaturated/α-hetero) is 1. The largest absolute Gasteiger partial charge is 0.319 e. The van der Waals surface area contributed by atoms with Crippen LogP contribution in [0.3, 0.4) is 0 Å². The Hall–Kier alpha value is -3.68. The molecule has 1 aromatic heterocycles. The molecule has 0 aliphatic carbocycles. The predicted octanol–water partition coefficient (Wildman–Crippen LogP) is 3.76. The molecule has 0 spiro atoms. The molecule has 0 saturated heterocycles. The molecule has 2 aromatic carbocycles. The molecule has 0 unspecified atom stereocenters. The van der Waals surface area contributed by atoms with Crippen LogP contribution in [0.2, 0.25) is 0 Å². The van der Waals surface area contributed by atoms with Gasteiger partial charge in [0.05, 0.1) is 29.6 Å². The van der Waals surface area contributed by atoms with E-state index in [2.05, 4.69) is 10.4 Å². The summed E-state index contributed by atoms with van der Waals surface area (Å²) in [5.41, 5.74) is 1.85. The maximum Gasteiger partial charge on any atom is 0.259 e. The summed E-state index contributed by atoms with van der Waals surface area (Å²) in [7, 11) is 1.60. The summed E-state index contributed by atoms with van der Waals surface area (Å²) in [5.74, 6) is -2.54. The Morgan fingerprint density at radius 3 is 2.38 bits per heavy atom. The molecular weight excluding hydrogens is 378 g/mol. The van der Waals surface area contributed by atoms with E-state index in [1.165, 1.54) is 10.9 Å². The minimum Gasteiger partial charge on any atom is -0.319 e. The fourth-order valence-corrected chi connectivity index (χ4v) is 2.80. The zero-order chi connectivity index (χ0) is 21.1. The van der Waals surface area contributed by atoms with E-state index in [9.17, 15) is 18.4 Å². The molecule has 8 heteroatoms. The van der Waals surface area contributed by atoms with Crippen molar-refractivity contribution in [2.24, 2.45) is 7.05 Å². The molecule has 0 aliphatic rings. The van der Waals surface area contributed by atoms with Crippen LogP contribution in [0.1, 0.15) is 38.9 Å². The molecule has 3 aromatic rings. The minimum atomic E-state index is -0.901. The molecule has 3 rings (SSSR count). The lowest BCUT2D eigenvalue weighted by Crippen LogP contribution is -2.17. The third kappa shape index (κ3) is 4.43. The van der Waals surface area contributed by atoms with Gasteiger partial charge in [0.15, 0.2) is 5.78 Å². The van der Waals surface area contributed by atoms with Crippen LogP contribution in [0.15, 0.2) is 48.7 Å². The first-order valence-corrected chi connectivity index (χ1v) is 8.72. The summed E-state index contributed by atoms with van der Waals surface area (Å²) in [6.45, 7) is 1.65. The van der Waals surface area contributed by atoms with Crippen LogP contribution in [-0.4, -0.2) is 27.2 Å². The third-order valence-corrected chi connectivity index (χ3v) is 4.45. The maximum atomic E-state index is 13.8. The van der Waals surface area contributed by atoms with Crippen LogP contribution >= 0.6 is 0 Å². The van der Waals surface area contributed by atoms with Gasteiger partial charge in [-0.2, -0.15) is 5.10 Å². The highest BCUT2D eigenvalue weighted by molar-refractivity contribution is 6.07. The molecule has 0 bridgehead atoms. The van der Waals surface area contributed by atoms with Crippen molar-refractivity contribution >= 4 is 23.1 Å². The number of halogens is 2. The summed E-state index contributed by atoms with van der Waals surface area (Å²) < 4.78 is 28.2. The Labute approximate surface area is 165 Å². The number of amides is 1. The van der Waals surface area contributed by atoms with Crippen molar-refractivity contribution in [3.63, 3.8) is 0 Å². The molecule has 2 N–H and O–H groups in total. The first kappa shape index (κ1) is 20.1. The number of carbonyl (C=O) groups excluding carboxylic acids is 2. The van der Waals surface area contributed by atoms with E-state index >= 15 is 0 Å². The topological polar surface area (TPSA) is 87.8 Å². The molecule has 1 amide bonds. The number of nitrogens with zero attached hydrogens (tertiary/aromatic N) is 2. The lowest BCUT2D eigenvalue weighted by Gasteiger charge is -2.09. The fourth-order valence-electron chi connectivity index (χ4n) is 2.80. The molecule has 0 atom stereocenters. The van der Waals surface area contributed by atoms with Crippen molar-refractivity contribution in [1.29, 1.82) is 5.41 Å². The van der Waals surface area contributed by atoms with Crippen LogP contribution in [-0.2, 0) is 13.5 Å². The van der Waals surface area contributed by atoms with E-state index in [1.807, 2.05) is 0 Å². The lowest BCUT2D eigenvalue weighted by molar-refractivity contribution is 0.0990. The standard InChI is InChI=1S/C21H18F2N4O2/c1-12(24)13-3-5-14(6-4-13)20(28)10-19-16(11-25-27(19)2)21(29)26-18-8-7-15(22)9-17(18)23/h3-9,11,24H,10H2,1-2H3,(H,26,29). The first-order valence-electron chi connectivity index (χ1n) is 8.72. The molecule has 6 nitrogen and oxygen atoms in total. The summed E-state index contributed by atoms with van der Waals surface area (Å²) >= 11 is 0. The van der Waals surface area contributed by atoms with Crippen molar-refractivity contribution < 1.29 is 18.4 Å². The van der Waals surface area contributed by atoms with E-state index in [0.717, 1.165) is 12.1 Å². The van der Waals surface area contributed by atoms with E-state index in [0.29, 0.717) is 28.6 Å². The van der Waals surface area contributed by atoms with Crippen molar-refractivity contribution in [2.45, 2.75) is 13.3 Å².